The van der Waals surface area contributed by atoms with Crippen LogP contribution in [-0.2, 0) is 0 Å². The average Bonchev–Trinajstić information content (AvgIpc) is 3.09. The van der Waals surface area contributed by atoms with Crippen molar-refractivity contribution in [3.63, 3.8) is 0 Å². The number of aromatic nitrogens is 1. The maximum Gasteiger partial charge on any atom is 0.387 e. The van der Waals surface area contributed by atoms with Gasteiger partial charge in [-0.15, -0.1) is 11.3 Å². The SMILES string of the molecule is O=C(c1ccccc1OC(F)F)N1CCN(c2nccs2)CC1. The number of hydrogen-bond donors (Lipinski definition) is 0. The highest BCUT2D eigenvalue weighted by molar-refractivity contribution is 7.13. The molecule has 0 atom stereocenters. The zero-order chi connectivity index (χ0) is 16.2. The van der Waals surface area contributed by atoms with Crippen molar-refractivity contribution in [1.82, 2.24) is 9.88 Å². The molecule has 1 aliphatic rings. The number of carbonyl (C=O) groups excluding carboxylic acids is 1. The summed E-state index contributed by atoms with van der Waals surface area (Å²) in [6, 6.07) is 6.09. The molecule has 5 nitrogen and oxygen atoms in total. The number of anilines is 1. The Morgan fingerprint density at radius 1 is 1.22 bits per heavy atom. The van der Waals surface area contributed by atoms with Gasteiger partial charge in [-0.3, -0.25) is 4.79 Å². The first-order valence-corrected chi connectivity index (χ1v) is 8.00. The first-order chi connectivity index (χ1) is 11.1. The van der Waals surface area contributed by atoms with E-state index in [1.165, 1.54) is 12.1 Å². The van der Waals surface area contributed by atoms with Gasteiger partial charge in [0.2, 0.25) is 0 Å². The minimum absolute atomic E-state index is 0.0881. The minimum atomic E-state index is -2.95. The standard InChI is InChI=1S/C15H15F2N3O2S/c16-14(17)22-12-4-2-1-3-11(12)13(21)19-6-8-20(9-7-19)15-18-5-10-23-15/h1-5,10,14H,6-9H2. The molecule has 8 heteroatoms. The van der Waals surface area contributed by atoms with Crippen molar-refractivity contribution in [2.24, 2.45) is 0 Å². The molecule has 0 unspecified atom stereocenters. The molecule has 0 aliphatic carbocycles. The number of benzene rings is 1. The van der Waals surface area contributed by atoms with Crippen LogP contribution in [0, 0.1) is 0 Å². The predicted octanol–water partition coefficient (Wildman–Crippen LogP) is 2.71. The first-order valence-electron chi connectivity index (χ1n) is 7.12. The number of nitrogens with zero attached hydrogens (tertiary/aromatic N) is 3. The number of halogens is 2. The molecule has 122 valence electrons. The van der Waals surface area contributed by atoms with Gasteiger partial charge in [0, 0.05) is 37.8 Å². The second-order valence-electron chi connectivity index (χ2n) is 4.97. The third-order valence-corrected chi connectivity index (χ3v) is 4.42. The second kappa shape index (κ2) is 6.91. The molecule has 0 radical (unpaired) electrons. The number of thiazole rings is 1. The number of ether oxygens (including phenoxy) is 1. The molecule has 3 rings (SSSR count). The average molecular weight is 339 g/mol. The number of rotatable bonds is 4. The first kappa shape index (κ1) is 15.7. The van der Waals surface area contributed by atoms with Crippen molar-refractivity contribution < 1.29 is 18.3 Å². The van der Waals surface area contributed by atoms with E-state index in [1.807, 2.05) is 5.38 Å². The van der Waals surface area contributed by atoms with Gasteiger partial charge < -0.3 is 14.5 Å². The second-order valence-corrected chi connectivity index (χ2v) is 5.84. The molecule has 0 bridgehead atoms. The number of para-hydroxylation sites is 1. The van der Waals surface area contributed by atoms with Crippen molar-refractivity contribution >= 4 is 22.4 Å². The number of hydrogen-bond acceptors (Lipinski definition) is 5. The summed E-state index contributed by atoms with van der Waals surface area (Å²) in [6.45, 7) is -0.595. The highest BCUT2D eigenvalue weighted by atomic mass is 32.1. The van der Waals surface area contributed by atoms with E-state index in [0.29, 0.717) is 26.2 Å². The summed E-state index contributed by atoms with van der Waals surface area (Å²) in [5, 5.41) is 2.84. The molecule has 0 N–H and O–H groups in total. The third-order valence-electron chi connectivity index (χ3n) is 3.59. The molecule has 1 amide bonds. The van der Waals surface area contributed by atoms with Gasteiger partial charge in [-0.05, 0) is 12.1 Å². The predicted molar refractivity (Wildman–Crippen MR) is 83.3 cm³/mol. The minimum Gasteiger partial charge on any atom is -0.434 e. The van der Waals surface area contributed by atoms with E-state index >= 15 is 0 Å². The van der Waals surface area contributed by atoms with Gasteiger partial charge in [-0.2, -0.15) is 8.78 Å². The fraction of sp³-hybridized carbons (Fsp3) is 0.333. The smallest absolute Gasteiger partial charge is 0.387 e. The van der Waals surface area contributed by atoms with Crippen molar-refractivity contribution in [2.45, 2.75) is 6.61 Å². The highest BCUT2D eigenvalue weighted by Crippen LogP contribution is 2.24. The summed E-state index contributed by atoms with van der Waals surface area (Å²) in [6.07, 6.45) is 1.75. The number of alkyl halides is 2. The summed E-state index contributed by atoms with van der Waals surface area (Å²) < 4.78 is 29.3. The third kappa shape index (κ3) is 3.58. The summed E-state index contributed by atoms with van der Waals surface area (Å²) in [5.41, 5.74) is 0.162. The van der Waals surface area contributed by atoms with Gasteiger partial charge in [0.1, 0.15) is 5.75 Å². The largest absolute Gasteiger partial charge is 0.434 e. The topological polar surface area (TPSA) is 45.7 Å². The van der Waals surface area contributed by atoms with Gasteiger partial charge in [-0.25, -0.2) is 4.98 Å². The lowest BCUT2D eigenvalue weighted by molar-refractivity contribution is -0.0502. The highest BCUT2D eigenvalue weighted by Gasteiger charge is 2.25. The van der Waals surface area contributed by atoms with Crippen LogP contribution in [0.4, 0.5) is 13.9 Å². The van der Waals surface area contributed by atoms with Crippen LogP contribution >= 0.6 is 11.3 Å². The van der Waals surface area contributed by atoms with Crippen LogP contribution in [0.3, 0.4) is 0 Å². The summed E-state index contributed by atoms with van der Waals surface area (Å²) >= 11 is 1.55. The molecule has 1 aromatic heterocycles. The Morgan fingerprint density at radius 2 is 1.96 bits per heavy atom. The van der Waals surface area contributed by atoms with Crippen molar-refractivity contribution in [3.05, 3.63) is 41.4 Å². The van der Waals surface area contributed by atoms with Gasteiger partial charge in [0.05, 0.1) is 5.56 Å². The van der Waals surface area contributed by atoms with Crippen LogP contribution in [0.25, 0.3) is 0 Å². The van der Waals surface area contributed by atoms with E-state index in [2.05, 4.69) is 14.6 Å². The van der Waals surface area contributed by atoms with E-state index in [0.717, 1.165) is 5.13 Å². The maximum atomic E-state index is 12.6. The van der Waals surface area contributed by atoms with E-state index in [1.54, 1.807) is 34.6 Å². The fourth-order valence-electron chi connectivity index (χ4n) is 2.49. The molecule has 23 heavy (non-hydrogen) atoms. The molecule has 1 aromatic carbocycles. The Hall–Kier alpha value is -2.22. The molecule has 1 aliphatic heterocycles. The molecular weight excluding hydrogens is 324 g/mol. The van der Waals surface area contributed by atoms with Gasteiger partial charge >= 0.3 is 6.61 Å². The zero-order valence-corrected chi connectivity index (χ0v) is 13.0. The Balaban J connectivity index is 1.68. The molecule has 2 aromatic rings. The Labute approximate surface area is 136 Å². The Bertz CT molecular complexity index is 659. The normalized spacial score (nSPS) is 15.1. The fourth-order valence-corrected chi connectivity index (χ4v) is 3.18. The maximum absolute atomic E-state index is 12.6. The van der Waals surface area contributed by atoms with E-state index in [-0.39, 0.29) is 17.2 Å². The summed E-state index contributed by atoms with van der Waals surface area (Å²) in [7, 11) is 0. The monoisotopic (exact) mass is 339 g/mol. The van der Waals surface area contributed by atoms with E-state index < -0.39 is 6.61 Å². The molecule has 2 heterocycles. The molecule has 1 fully saturated rings. The van der Waals surface area contributed by atoms with Crippen LogP contribution < -0.4 is 9.64 Å². The Morgan fingerprint density at radius 3 is 2.61 bits per heavy atom. The van der Waals surface area contributed by atoms with Crippen LogP contribution in [0.1, 0.15) is 10.4 Å². The number of amides is 1. The van der Waals surface area contributed by atoms with Gasteiger partial charge in [-0.1, -0.05) is 12.1 Å². The summed E-state index contributed by atoms with van der Waals surface area (Å²) in [5.74, 6) is -0.380. The van der Waals surface area contributed by atoms with Crippen molar-refractivity contribution in [3.8, 4) is 5.75 Å². The lowest BCUT2D eigenvalue weighted by Gasteiger charge is -2.34. The Kier molecular flexibility index (Phi) is 4.71. The van der Waals surface area contributed by atoms with E-state index in [9.17, 15) is 13.6 Å². The quantitative estimate of drug-likeness (QED) is 0.859. The lowest BCUT2D eigenvalue weighted by Crippen LogP contribution is -2.48. The van der Waals surface area contributed by atoms with Crippen LogP contribution in [-0.4, -0.2) is 48.6 Å². The molecule has 0 spiro atoms. The van der Waals surface area contributed by atoms with Crippen LogP contribution in [0.15, 0.2) is 35.8 Å². The molecule has 1 saturated heterocycles. The van der Waals surface area contributed by atoms with Crippen LogP contribution in [0.2, 0.25) is 0 Å². The van der Waals surface area contributed by atoms with Crippen LogP contribution in [0.5, 0.6) is 5.75 Å². The van der Waals surface area contributed by atoms with Crippen molar-refractivity contribution in [1.29, 1.82) is 0 Å². The molecule has 0 saturated carbocycles. The number of piperazine rings is 1. The molecular formula is C15H15F2N3O2S. The zero-order valence-electron chi connectivity index (χ0n) is 12.2. The summed E-state index contributed by atoms with van der Waals surface area (Å²) in [4.78, 5) is 20.6. The lowest BCUT2D eigenvalue weighted by atomic mass is 10.1. The number of carbonyl (C=O) groups is 1. The van der Waals surface area contributed by atoms with Gasteiger partial charge in [0.15, 0.2) is 5.13 Å². The van der Waals surface area contributed by atoms with Crippen molar-refractivity contribution in [2.75, 3.05) is 31.1 Å². The van der Waals surface area contributed by atoms with Gasteiger partial charge in [0.25, 0.3) is 5.91 Å². The van der Waals surface area contributed by atoms with E-state index in [4.69, 9.17) is 0 Å².